The van der Waals surface area contributed by atoms with Crippen LogP contribution < -0.4 is 20.6 Å². The third-order valence-corrected chi connectivity index (χ3v) is 3.59. The highest BCUT2D eigenvalue weighted by atomic mass is 16.6. The molecule has 3 aromatic rings. The van der Waals surface area contributed by atoms with E-state index >= 15 is 0 Å². The number of nitrogens with two attached hydrogens (primary N) is 1. The number of hydrogen-bond acceptors (Lipinski definition) is 11. The number of nitrogens with one attached hydrogen (secondary N) is 1. The van der Waals surface area contributed by atoms with E-state index in [0.29, 0.717) is 17.0 Å². The van der Waals surface area contributed by atoms with Gasteiger partial charge in [-0.15, -0.1) is 5.10 Å². The van der Waals surface area contributed by atoms with Crippen molar-refractivity contribution in [2.75, 3.05) is 12.8 Å². The van der Waals surface area contributed by atoms with Gasteiger partial charge in [-0.05, 0) is 29.4 Å². The zero-order valence-electron chi connectivity index (χ0n) is 15.6. The molecule has 2 heterocycles. The number of ether oxygens (including phenoxy) is 2. The summed E-state index contributed by atoms with van der Waals surface area (Å²) >= 11 is 0. The van der Waals surface area contributed by atoms with Crippen LogP contribution in [-0.4, -0.2) is 50.5 Å². The topological polar surface area (TPSA) is 173 Å². The predicted molar refractivity (Wildman–Crippen MR) is 97.7 cm³/mol. The number of amides is 1. The monoisotopic (exact) mass is 400 g/mol. The SMILES string of the molecule is COc1cccc(/C=N/NC(=O)c2c(C)nnn2-c2nonc2N)c1OC(C)=O. The Morgan fingerprint density at radius 1 is 1.34 bits per heavy atom. The quantitative estimate of drug-likeness (QED) is 0.252. The smallest absolute Gasteiger partial charge is 0.308 e. The molecule has 1 amide bonds. The van der Waals surface area contributed by atoms with Crippen LogP contribution in [0.4, 0.5) is 5.82 Å². The van der Waals surface area contributed by atoms with Crippen LogP contribution in [0, 0.1) is 6.92 Å². The predicted octanol–water partition coefficient (Wildman–Crippen LogP) is 0.239. The molecule has 13 nitrogen and oxygen atoms in total. The molecule has 0 aliphatic heterocycles. The fourth-order valence-electron chi connectivity index (χ4n) is 2.37. The number of esters is 1. The minimum atomic E-state index is -0.636. The first kappa shape index (κ1) is 19.5. The average Bonchev–Trinajstić information content (AvgIpc) is 3.27. The minimum absolute atomic E-state index is 0.0182. The Hall–Kier alpha value is -4.29. The number of carbonyl (C=O) groups is 2. The molecule has 13 heteroatoms. The van der Waals surface area contributed by atoms with E-state index in [4.69, 9.17) is 15.2 Å². The van der Waals surface area contributed by atoms with Gasteiger partial charge in [0, 0.05) is 12.5 Å². The van der Waals surface area contributed by atoms with E-state index in [0.717, 1.165) is 4.68 Å². The van der Waals surface area contributed by atoms with Crippen molar-refractivity contribution in [2.45, 2.75) is 13.8 Å². The van der Waals surface area contributed by atoms with E-state index in [1.54, 1.807) is 25.1 Å². The molecule has 0 bridgehead atoms. The summed E-state index contributed by atoms with van der Waals surface area (Å²) in [6, 6.07) is 4.94. The van der Waals surface area contributed by atoms with Gasteiger partial charge in [0.1, 0.15) is 0 Å². The van der Waals surface area contributed by atoms with Crippen LogP contribution in [0.15, 0.2) is 27.9 Å². The molecule has 1 aromatic carbocycles. The summed E-state index contributed by atoms with van der Waals surface area (Å²) < 4.78 is 15.9. The number of anilines is 1. The minimum Gasteiger partial charge on any atom is -0.493 e. The number of nitrogen functional groups attached to an aromatic ring is 1. The third kappa shape index (κ3) is 4.02. The number of hydrazone groups is 1. The van der Waals surface area contributed by atoms with Gasteiger partial charge in [0.05, 0.1) is 19.0 Å². The zero-order valence-corrected chi connectivity index (χ0v) is 15.6. The lowest BCUT2D eigenvalue weighted by atomic mass is 10.2. The number of rotatable bonds is 6. The Balaban J connectivity index is 1.84. The number of aromatic nitrogens is 5. The number of hydrogen-bond donors (Lipinski definition) is 2. The van der Waals surface area contributed by atoms with Gasteiger partial charge in [-0.3, -0.25) is 9.59 Å². The van der Waals surface area contributed by atoms with Gasteiger partial charge in [-0.25, -0.2) is 10.1 Å². The lowest BCUT2D eigenvalue weighted by Crippen LogP contribution is -2.23. The van der Waals surface area contributed by atoms with Crippen LogP contribution in [-0.2, 0) is 4.79 Å². The summed E-state index contributed by atoms with van der Waals surface area (Å²) in [5, 5.41) is 18.6. The molecule has 0 spiro atoms. The van der Waals surface area contributed by atoms with Gasteiger partial charge < -0.3 is 15.2 Å². The van der Waals surface area contributed by atoms with Gasteiger partial charge in [0.2, 0.25) is 11.6 Å². The Bertz CT molecular complexity index is 1090. The standard InChI is InChI=1S/C16H16N8O5/c1-8-12(24(23-19-8)15-14(17)21-29-22-15)16(26)20-18-7-10-5-4-6-11(27-3)13(10)28-9(2)25/h4-7H,1-3H3,(H2,17,21)(H,20,26)/b18-7+. The van der Waals surface area contributed by atoms with Crippen LogP contribution in [0.5, 0.6) is 11.5 Å². The van der Waals surface area contributed by atoms with Crippen molar-refractivity contribution in [2.24, 2.45) is 5.10 Å². The van der Waals surface area contributed by atoms with Crippen molar-refractivity contribution in [3.63, 3.8) is 0 Å². The van der Waals surface area contributed by atoms with Gasteiger partial charge in [-0.1, -0.05) is 11.3 Å². The average molecular weight is 400 g/mol. The molecule has 3 rings (SSSR count). The van der Waals surface area contributed by atoms with Crippen molar-refractivity contribution in [3.8, 4) is 17.3 Å². The van der Waals surface area contributed by atoms with Crippen LogP contribution in [0.1, 0.15) is 28.7 Å². The van der Waals surface area contributed by atoms with E-state index in [1.807, 2.05) is 0 Å². The maximum absolute atomic E-state index is 12.6. The molecule has 150 valence electrons. The highest BCUT2D eigenvalue weighted by Crippen LogP contribution is 2.30. The molecule has 29 heavy (non-hydrogen) atoms. The fraction of sp³-hybridized carbons (Fsp3) is 0.188. The van der Waals surface area contributed by atoms with E-state index in [-0.39, 0.29) is 23.1 Å². The second-order valence-corrected chi connectivity index (χ2v) is 5.58. The summed E-state index contributed by atoms with van der Waals surface area (Å²) in [4.78, 5) is 23.9. The molecule has 0 aliphatic carbocycles. The Kier molecular flexibility index (Phi) is 5.48. The van der Waals surface area contributed by atoms with Crippen molar-refractivity contribution in [1.29, 1.82) is 0 Å². The summed E-state index contributed by atoms with van der Waals surface area (Å²) in [5.41, 5.74) is 8.74. The van der Waals surface area contributed by atoms with Gasteiger partial charge in [0.15, 0.2) is 17.2 Å². The highest BCUT2D eigenvalue weighted by Gasteiger charge is 2.22. The summed E-state index contributed by atoms with van der Waals surface area (Å²) in [5.74, 6) is -0.701. The van der Waals surface area contributed by atoms with E-state index in [1.165, 1.54) is 20.2 Å². The molecule has 0 radical (unpaired) electrons. The molecular weight excluding hydrogens is 384 g/mol. The van der Waals surface area contributed by atoms with E-state index in [2.05, 4.69) is 35.8 Å². The lowest BCUT2D eigenvalue weighted by molar-refractivity contribution is -0.132. The maximum atomic E-state index is 12.6. The number of aryl methyl sites for hydroxylation is 1. The zero-order chi connectivity index (χ0) is 21.0. The second-order valence-electron chi connectivity index (χ2n) is 5.58. The molecule has 0 saturated heterocycles. The molecule has 0 saturated carbocycles. The largest absolute Gasteiger partial charge is 0.493 e. The van der Waals surface area contributed by atoms with Crippen LogP contribution >= 0.6 is 0 Å². The molecule has 3 N–H and O–H groups in total. The Labute approximate surface area is 163 Å². The normalized spacial score (nSPS) is 10.9. The van der Waals surface area contributed by atoms with Crippen molar-refractivity contribution in [3.05, 3.63) is 35.2 Å². The molecule has 0 atom stereocenters. The Morgan fingerprint density at radius 3 is 2.79 bits per heavy atom. The summed E-state index contributed by atoms with van der Waals surface area (Å²) in [6.45, 7) is 2.84. The molecule has 2 aromatic heterocycles. The molecule has 0 aliphatic rings. The Morgan fingerprint density at radius 2 is 2.14 bits per heavy atom. The number of methoxy groups -OCH3 is 1. The van der Waals surface area contributed by atoms with Gasteiger partial charge >= 0.3 is 5.97 Å². The fourth-order valence-corrected chi connectivity index (χ4v) is 2.37. The number of nitrogens with zero attached hydrogens (tertiary/aromatic N) is 6. The first-order chi connectivity index (χ1) is 13.9. The van der Waals surface area contributed by atoms with Gasteiger partial charge in [0.25, 0.3) is 5.91 Å². The van der Waals surface area contributed by atoms with E-state index in [9.17, 15) is 9.59 Å². The number of benzene rings is 1. The summed E-state index contributed by atoms with van der Waals surface area (Å²) in [7, 11) is 1.44. The third-order valence-electron chi connectivity index (χ3n) is 3.59. The first-order valence-corrected chi connectivity index (χ1v) is 8.12. The van der Waals surface area contributed by atoms with Crippen molar-refractivity contribution in [1.82, 2.24) is 30.7 Å². The highest BCUT2D eigenvalue weighted by molar-refractivity contribution is 5.95. The second kappa shape index (κ2) is 8.16. The van der Waals surface area contributed by atoms with Crippen LogP contribution in [0.25, 0.3) is 5.82 Å². The van der Waals surface area contributed by atoms with Gasteiger partial charge in [-0.2, -0.15) is 9.78 Å². The molecule has 0 fully saturated rings. The van der Waals surface area contributed by atoms with Crippen LogP contribution in [0.2, 0.25) is 0 Å². The van der Waals surface area contributed by atoms with Crippen LogP contribution in [0.3, 0.4) is 0 Å². The number of para-hydroxylation sites is 1. The van der Waals surface area contributed by atoms with E-state index < -0.39 is 11.9 Å². The lowest BCUT2D eigenvalue weighted by Gasteiger charge is -2.10. The molecular formula is C16H16N8O5. The maximum Gasteiger partial charge on any atom is 0.308 e. The van der Waals surface area contributed by atoms with Crippen molar-refractivity contribution < 1.29 is 23.7 Å². The summed E-state index contributed by atoms with van der Waals surface area (Å²) in [6.07, 6.45) is 1.30. The first-order valence-electron chi connectivity index (χ1n) is 8.12. The van der Waals surface area contributed by atoms with Crippen molar-refractivity contribution >= 4 is 23.9 Å². The molecule has 0 unspecified atom stereocenters. The number of carbonyl (C=O) groups excluding carboxylic acids is 2.